The van der Waals surface area contributed by atoms with Gasteiger partial charge in [0.2, 0.25) is 5.89 Å². The number of anilines is 1. The number of amides is 1. The van der Waals surface area contributed by atoms with Gasteiger partial charge in [0.1, 0.15) is 11.3 Å². The molecule has 3 aromatic carbocycles. The maximum atomic E-state index is 12.3. The second-order valence-corrected chi connectivity index (χ2v) is 7.47. The lowest BCUT2D eigenvalue weighted by atomic mass is 10.2. The van der Waals surface area contributed by atoms with Gasteiger partial charge in [-0.1, -0.05) is 12.1 Å². The molecule has 0 spiro atoms. The predicted octanol–water partition coefficient (Wildman–Crippen LogP) is 5.19. The number of para-hydroxylation sites is 2. The lowest BCUT2D eigenvalue weighted by molar-refractivity contribution is -0.385. The molecule has 0 bridgehead atoms. The van der Waals surface area contributed by atoms with Gasteiger partial charge in [0.25, 0.3) is 5.91 Å². The number of nitro groups is 1. The molecule has 0 radical (unpaired) electrons. The van der Waals surface area contributed by atoms with Gasteiger partial charge in [0, 0.05) is 17.3 Å². The van der Waals surface area contributed by atoms with Crippen LogP contribution >= 0.6 is 15.9 Å². The number of oxazole rings is 1. The van der Waals surface area contributed by atoms with E-state index in [2.05, 4.69) is 26.2 Å². The Morgan fingerprint density at radius 2 is 1.97 bits per heavy atom. The highest BCUT2D eigenvalue weighted by Crippen LogP contribution is 2.32. The second kappa shape index (κ2) is 9.06. The number of carbonyl (C=O) groups excluding carboxylic acids is 1. The number of halogens is 1. The predicted molar refractivity (Wildman–Crippen MR) is 121 cm³/mol. The Hall–Kier alpha value is -3.92. The van der Waals surface area contributed by atoms with Crippen molar-refractivity contribution >= 4 is 44.3 Å². The third kappa shape index (κ3) is 4.54. The molecular formula is C22H16BrN3O6. The number of nitro benzene ring substituents is 1. The summed E-state index contributed by atoms with van der Waals surface area (Å²) in [5, 5.41) is 13.7. The number of methoxy groups -OCH3 is 1. The van der Waals surface area contributed by atoms with E-state index in [1.807, 2.05) is 12.1 Å². The summed E-state index contributed by atoms with van der Waals surface area (Å²) in [7, 11) is 1.58. The van der Waals surface area contributed by atoms with Crippen molar-refractivity contribution in [1.82, 2.24) is 4.98 Å². The molecule has 0 unspecified atom stereocenters. The first kappa shape index (κ1) is 21.3. The van der Waals surface area contributed by atoms with Crippen molar-refractivity contribution in [2.45, 2.75) is 0 Å². The molecule has 0 aliphatic rings. The first-order valence-electron chi connectivity index (χ1n) is 9.35. The van der Waals surface area contributed by atoms with Crippen LogP contribution in [0.15, 0.2) is 69.6 Å². The molecule has 32 heavy (non-hydrogen) atoms. The summed E-state index contributed by atoms with van der Waals surface area (Å²) < 4.78 is 17.1. The number of hydrogen-bond donors (Lipinski definition) is 1. The molecule has 10 heteroatoms. The van der Waals surface area contributed by atoms with Crippen LogP contribution in [0.4, 0.5) is 11.4 Å². The maximum Gasteiger partial charge on any atom is 0.310 e. The van der Waals surface area contributed by atoms with Gasteiger partial charge in [-0.25, -0.2) is 4.98 Å². The van der Waals surface area contributed by atoms with Crippen molar-refractivity contribution in [2.24, 2.45) is 0 Å². The SMILES string of the molecule is COc1ccc(-c2nc3cc(NC(=O)COc4ccccc4[N+](=O)[O-])ccc3o2)cc1Br. The van der Waals surface area contributed by atoms with Crippen molar-refractivity contribution in [3.63, 3.8) is 0 Å². The highest BCUT2D eigenvalue weighted by Gasteiger charge is 2.16. The number of hydrogen-bond acceptors (Lipinski definition) is 7. The fourth-order valence-electron chi connectivity index (χ4n) is 3.00. The highest BCUT2D eigenvalue weighted by atomic mass is 79.9. The highest BCUT2D eigenvalue weighted by molar-refractivity contribution is 9.10. The van der Waals surface area contributed by atoms with Gasteiger partial charge in [0.15, 0.2) is 17.9 Å². The van der Waals surface area contributed by atoms with Crippen molar-refractivity contribution in [2.75, 3.05) is 19.0 Å². The van der Waals surface area contributed by atoms with E-state index in [1.165, 1.54) is 18.2 Å². The summed E-state index contributed by atoms with van der Waals surface area (Å²) in [6.07, 6.45) is 0. The zero-order chi connectivity index (χ0) is 22.7. The number of fused-ring (bicyclic) bond motifs is 1. The number of ether oxygens (including phenoxy) is 2. The topological polar surface area (TPSA) is 117 Å². The summed E-state index contributed by atoms with van der Waals surface area (Å²) in [5.41, 5.74) is 2.16. The maximum absolute atomic E-state index is 12.3. The summed E-state index contributed by atoms with van der Waals surface area (Å²) in [6.45, 7) is -0.382. The van der Waals surface area contributed by atoms with Crippen molar-refractivity contribution in [1.29, 1.82) is 0 Å². The van der Waals surface area contributed by atoms with Gasteiger partial charge in [0.05, 0.1) is 16.5 Å². The number of aromatic nitrogens is 1. The smallest absolute Gasteiger partial charge is 0.310 e. The van der Waals surface area contributed by atoms with Gasteiger partial charge in [-0.2, -0.15) is 0 Å². The van der Waals surface area contributed by atoms with E-state index in [9.17, 15) is 14.9 Å². The molecule has 0 aliphatic heterocycles. The molecule has 0 saturated heterocycles. The molecule has 1 N–H and O–H groups in total. The van der Waals surface area contributed by atoms with E-state index in [1.54, 1.807) is 37.4 Å². The second-order valence-electron chi connectivity index (χ2n) is 6.61. The lowest BCUT2D eigenvalue weighted by Crippen LogP contribution is -2.20. The summed E-state index contributed by atoms with van der Waals surface area (Å²) in [5.74, 6) is 0.671. The molecular weight excluding hydrogens is 482 g/mol. The first-order valence-corrected chi connectivity index (χ1v) is 10.1. The monoisotopic (exact) mass is 497 g/mol. The van der Waals surface area contributed by atoms with Crippen molar-refractivity contribution < 1.29 is 23.6 Å². The van der Waals surface area contributed by atoms with Crippen LogP contribution in [-0.4, -0.2) is 29.5 Å². The van der Waals surface area contributed by atoms with E-state index in [4.69, 9.17) is 13.9 Å². The minimum absolute atomic E-state index is 0.0231. The van der Waals surface area contributed by atoms with Gasteiger partial charge in [-0.3, -0.25) is 14.9 Å². The molecule has 4 aromatic rings. The molecule has 1 heterocycles. The van der Waals surface area contributed by atoms with E-state index in [-0.39, 0.29) is 18.0 Å². The standard InChI is InChI=1S/C22H16BrN3O6/c1-30-18-8-6-13(10-15(18)23)22-25-16-11-14(7-9-19(16)32-22)24-21(27)12-31-20-5-3-2-4-17(20)26(28)29/h2-11H,12H2,1H3,(H,24,27). The van der Waals surface area contributed by atoms with Crippen LogP contribution in [0.2, 0.25) is 0 Å². The molecule has 0 atom stereocenters. The number of benzene rings is 3. The Kier molecular flexibility index (Phi) is 6.04. The van der Waals surface area contributed by atoms with E-state index in [0.29, 0.717) is 28.4 Å². The third-order valence-corrected chi connectivity index (χ3v) is 5.11. The summed E-state index contributed by atoms with van der Waals surface area (Å²) >= 11 is 3.44. The largest absolute Gasteiger partial charge is 0.496 e. The minimum Gasteiger partial charge on any atom is -0.496 e. The molecule has 0 fully saturated rings. The van der Waals surface area contributed by atoms with Crippen LogP contribution in [0, 0.1) is 10.1 Å². The number of carbonyl (C=O) groups is 1. The van der Waals surface area contributed by atoms with E-state index < -0.39 is 10.8 Å². The van der Waals surface area contributed by atoms with Gasteiger partial charge >= 0.3 is 5.69 Å². The third-order valence-electron chi connectivity index (χ3n) is 4.49. The molecule has 9 nitrogen and oxygen atoms in total. The molecule has 4 rings (SSSR count). The number of nitrogens with one attached hydrogen (secondary N) is 1. The minimum atomic E-state index is -0.565. The molecule has 162 valence electrons. The summed E-state index contributed by atoms with van der Waals surface area (Å²) in [6, 6.07) is 16.4. The molecule has 1 aromatic heterocycles. The van der Waals surface area contributed by atoms with Gasteiger partial charge in [-0.05, 0) is 58.4 Å². The van der Waals surface area contributed by atoms with Gasteiger partial charge < -0.3 is 19.2 Å². The van der Waals surface area contributed by atoms with E-state index >= 15 is 0 Å². The quantitative estimate of drug-likeness (QED) is 0.275. The van der Waals surface area contributed by atoms with Crippen LogP contribution in [-0.2, 0) is 4.79 Å². The first-order chi connectivity index (χ1) is 15.4. The van der Waals surface area contributed by atoms with E-state index in [0.717, 1.165) is 10.0 Å². The van der Waals surface area contributed by atoms with Crippen molar-refractivity contribution in [3.8, 4) is 23.0 Å². The van der Waals surface area contributed by atoms with Crippen LogP contribution in [0.5, 0.6) is 11.5 Å². The average Bonchev–Trinajstić information content (AvgIpc) is 3.21. The molecule has 0 saturated carbocycles. The fourth-order valence-corrected chi connectivity index (χ4v) is 3.54. The number of rotatable bonds is 7. The lowest BCUT2D eigenvalue weighted by Gasteiger charge is -2.07. The number of nitrogens with zero attached hydrogens (tertiary/aromatic N) is 2. The zero-order valence-corrected chi connectivity index (χ0v) is 18.3. The Bertz CT molecular complexity index is 1320. The van der Waals surface area contributed by atoms with Gasteiger partial charge in [-0.15, -0.1) is 0 Å². The normalized spacial score (nSPS) is 10.7. The molecule has 1 amide bonds. The fraction of sp³-hybridized carbons (Fsp3) is 0.0909. The Labute approximate surface area is 190 Å². The average molecular weight is 498 g/mol. The molecule has 0 aliphatic carbocycles. The van der Waals surface area contributed by atoms with Crippen LogP contribution in [0.1, 0.15) is 0 Å². The van der Waals surface area contributed by atoms with Crippen molar-refractivity contribution in [3.05, 3.63) is 75.3 Å². The van der Waals surface area contributed by atoms with Crippen LogP contribution < -0.4 is 14.8 Å². The Morgan fingerprint density at radius 3 is 2.72 bits per heavy atom. The summed E-state index contributed by atoms with van der Waals surface area (Å²) in [4.78, 5) is 27.2. The Morgan fingerprint density at radius 1 is 1.16 bits per heavy atom. The van der Waals surface area contributed by atoms with Crippen LogP contribution in [0.3, 0.4) is 0 Å². The Balaban J connectivity index is 1.47. The zero-order valence-electron chi connectivity index (χ0n) is 16.7. The van der Waals surface area contributed by atoms with Crippen LogP contribution in [0.25, 0.3) is 22.6 Å².